The molecule has 0 atom stereocenters. The molecule has 0 aliphatic heterocycles. The van der Waals surface area contributed by atoms with E-state index in [0.717, 1.165) is 0 Å². The van der Waals surface area contributed by atoms with Crippen LogP contribution in [0.1, 0.15) is 78.1 Å². The molecule has 0 amide bonds. The zero-order valence-corrected chi connectivity index (χ0v) is 14.1. The Kier molecular flexibility index (Phi) is 9.01. The zero-order chi connectivity index (χ0) is 19.1. The summed E-state index contributed by atoms with van der Waals surface area (Å²) in [5.74, 6) is -22.6. The molecular weight excluding hydrogens is 344 g/mol. The minimum Gasteiger partial charge on any atom is -0.200 e. The lowest BCUT2D eigenvalue weighted by molar-refractivity contribution is -0.368. The van der Waals surface area contributed by atoms with Crippen molar-refractivity contribution < 1.29 is 35.1 Å². The Balaban J connectivity index is 5.03. The third kappa shape index (κ3) is 5.48. The van der Waals surface area contributed by atoms with Gasteiger partial charge in [0.15, 0.2) is 0 Å². The van der Waals surface area contributed by atoms with Crippen molar-refractivity contribution in [1.29, 1.82) is 0 Å². The molecule has 0 N–H and O–H groups in total. The molecule has 0 aliphatic rings. The van der Waals surface area contributed by atoms with Crippen LogP contribution in [0.2, 0.25) is 0 Å². The lowest BCUT2D eigenvalue weighted by Gasteiger charge is -2.37. The summed E-state index contributed by atoms with van der Waals surface area (Å²) in [5, 5.41) is 0. The maximum atomic E-state index is 13.6. The van der Waals surface area contributed by atoms with Gasteiger partial charge in [0.05, 0.1) is 0 Å². The number of unbranched alkanes of at least 4 members (excludes halogenated alkanes) is 6. The largest absolute Gasteiger partial charge is 0.378 e. The van der Waals surface area contributed by atoms with E-state index in [4.69, 9.17) is 0 Å². The number of halogens is 8. The van der Waals surface area contributed by atoms with E-state index in [1.165, 1.54) is 0 Å². The van der Waals surface area contributed by atoms with E-state index in [2.05, 4.69) is 0 Å². The molecule has 0 heterocycles. The normalized spacial score (nSPS) is 14.2. The highest BCUT2D eigenvalue weighted by atomic mass is 19.4. The summed E-state index contributed by atoms with van der Waals surface area (Å²) in [5.41, 5.74) is 0. The van der Waals surface area contributed by atoms with E-state index in [0.29, 0.717) is 25.7 Å². The fourth-order valence-corrected chi connectivity index (χ4v) is 2.32. The molecule has 0 saturated carbocycles. The minimum absolute atomic E-state index is 0.154. The molecule has 0 spiro atoms. The quantitative estimate of drug-likeness (QED) is 0.233. The number of hydrogen-bond donors (Lipinski definition) is 0. The van der Waals surface area contributed by atoms with E-state index >= 15 is 0 Å². The van der Waals surface area contributed by atoms with Gasteiger partial charge in [0, 0.05) is 12.8 Å². The average molecular weight is 370 g/mol. The van der Waals surface area contributed by atoms with Gasteiger partial charge in [-0.25, -0.2) is 0 Å². The molecule has 0 bridgehead atoms. The van der Waals surface area contributed by atoms with Gasteiger partial charge in [-0.3, -0.25) is 0 Å². The van der Waals surface area contributed by atoms with Gasteiger partial charge in [0.1, 0.15) is 0 Å². The van der Waals surface area contributed by atoms with E-state index in [9.17, 15) is 35.1 Å². The first kappa shape index (κ1) is 23.4. The maximum Gasteiger partial charge on any atom is 0.378 e. The summed E-state index contributed by atoms with van der Waals surface area (Å²) in [6.45, 7) is 3.50. The molecule has 0 saturated heterocycles. The van der Waals surface area contributed by atoms with Crippen molar-refractivity contribution in [2.24, 2.45) is 0 Å². The Bertz CT molecular complexity index is 318. The van der Waals surface area contributed by atoms with Gasteiger partial charge in [-0.05, 0) is 12.8 Å². The van der Waals surface area contributed by atoms with Crippen LogP contribution < -0.4 is 0 Å². The maximum absolute atomic E-state index is 13.6. The van der Waals surface area contributed by atoms with Crippen molar-refractivity contribution in [1.82, 2.24) is 0 Å². The van der Waals surface area contributed by atoms with Crippen molar-refractivity contribution in [2.45, 2.75) is 102 Å². The van der Waals surface area contributed by atoms with E-state index in [1.807, 2.05) is 0 Å². The van der Waals surface area contributed by atoms with Gasteiger partial charge in [-0.1, -0.05) is 52.4 Å². The predicted octanol–water partition coefficient (Wildman–Crippen LogP) is 7.47. The standard InChI is InChI=1S/C16H26F8/c1-3-5-7-9-11-13(17,18)15(21,22)16(23,24)14(19,20)12-10-8-6-4-2/h3-12H2,1-2H3. The van der Waals surface area contributed by atoms with Crippen LogP contribution in [-0.4, -0.2) is 23.7 Å². The number of rotatable bonds is 13. The predicted molar refractivity (Wildman–Crippen MR) is 77.3 cm³/mol. The first-order valence-corrected chi connectivity index (χ1v) is 8.38. The van der Waals surface area contributed by atoms with E-state index < -0.39 is 49.4 Å². The monoisotopic (exact) mass is 370 g/mol. The number of hydrogen-bond acceptors (Lipinski definition) is 0. The van der Waals surface area contributed by atoms with Gasteiger partial charge in [-0.2, -0.15) is 35.1 Å². The first-order valence-electron chi connectivity index (χ1n) is 8.38. The van der Waals surface area contributed by atoms with Crippen molar-refractivity contribution in [3.05, 3.63) is 0 Å². The molecule has 0 aromatic rings. The Hall–Kier alpha value is -0.560. The van der Waals surface area contributed by atoms with Gasteiger partial charge in [0.25, 0.3) is 0 Å². The van der Waals surface area contributed by atoms with Gasteiger partial charge in [-0.15, -0.1) is 0 Å². The topological polar surface area (TPSA) is 0 Å². The molecule has 0 aliphatic carbocycles. The third-order valence-electron chi connectivity index (χ3n) is 4.00. The highest BCUT2D eigenvalue weighted by Crippen LogP contribution is 2.55. The molecule has 146 valence electrons. The minimum atomic E-state index is -6.10. The Morgan fingerprint density at radius 2 is 0.750 bits per heavy atom. The molecule has 0 rings (SSSR count). The van der Waals surface area contributed by atoms with Crippen molar-refractivity contribution >= 4 is 0 Å². The molecule has 0 aromatic carbocycles. The van der Waals surface area contributed by atoms with Gasteiger partial charge < -0.3 is 0 Å². The molecule has 0 radical (unpaired) electrons. The second kappa shape index (κ2) is 9.22. The molecular formula is C16H26F8. The Morgan fingerprint density at radius 1 is 0.458 bits per heavy atom. The SMILES string of the molecule is CCCCCCC(F)(F)C(F)(F)C(F)(F)C(F)(F)CCCCCC. The van der Waals surface area contributed by atoms with Crippen LogP contribution in [0.5, 0.6) is 0 Å². The molecule has 0 unspecified atom stereocenters. The van der Waals surface area contributed by atoms with E-state index in [-0.39, 0.29) is 12.8 Å². The number of alkyl halides is 8. The fraction of sp³-hybridized carbons (Fsp3) is 1.00. The molecule has 0 nitrogen and oxygen atoms in total. The van der Waals surface area contributed by atoms with Crippen LogP contribution in [0.15, 0.2) is 0 Å². The summed E-state index contributed by atoms with van der Waals surface area (Å²) in [4.78, 5) is 0. The van der Waals surface area contributed by atoms with Crippen LogP contribution in [0, 0.1) is 0 Å². The fourth-order valence-electron chi connectivity index (χ4n) is 2.32. The summed E-state index contributed by atoms with van der Waals surface area (Å²) >= 11 is 0. The van der Waals surface area contributed by atoms with Gasteiger partial charge in [0.2, 0.25) is 0 Å². The van der Waals surface area contributed by atoms with Crippen molar-refractivity contribution in [3.63, 3.8) is 0 Å². The Morgan fingerprint density at radius 3 is 1.00 bits per heavy atom. The average Bonchev–Trinajstić information content (AvgIpc) is 2.47. The summed E-state index contributed by atoms with van der Waals surface area (Å²) < 4.78 is 108. The van der Waals surface area contributed by atoms with Crippen LogP contribution in [0.3, 0.4) is 0 Å². The summed E-state index contributed by atoms with van der Waals surface area (Å²) in [6.07, 6.45) is -1.40. The third-order valence-corrected chi connectivity index (χ3v) is 4.00. The van der Waals surface area contributed by atoms with Crippen molar-refractivity contribution in [3.8, 4) is 0 Å². The lowest BCUT2D eigenvalue weighted by atomic mass is 9.92. The molecule has 0 aromatic heterocycles. The van der Waals surface area contributed by atoms with Gasteiger partial charge >= 0.3 is 23.7 Å². The van der Waals surface area contributed by atoms with Crippen LogP contribution >= 0.6 is 0 Å². The highest BCUT2D eigenvalue weighted by Gasteiger charge is 2.79. The summed E-state index contributed by atoms with van der Waals surface area (Å²) in [7, 11) is 0. The molecule has 0 fully saturated rings. The molecule has 24 heavy (non-hydrogen) atoms. The smallest absolute Gasteiger partial charge is 0.200 e. The first-order chi connectivity index (χ1) is 10.9. The summed E-state index contributed by atoms with van der Waals surface area (Å²) in [6, 6.07) is 0. The van der Waals surface area contributed by atoms with E-state index in [1.54, 1.807) is 13.8 Å². The highest BCUT2D eigenvalue weighted by molar-refractivity contribution is 5.03. The van der Waals surface area contributed by atoms with Crippen molar-refractivity contribution in [2.75, 3.05) is 0 Å². The van der Waals surface area contributed by atoms with Crippen LogP contribution in [0.25, 0.3) is 0 Å². The second-order valence-electron chi connectivity index (χ2n) is 6.18. The Labute approximate surface area is 138 Å². The lowest BCUT2D eigenvalue weighted by Crippen LogP contribution is -2.62. The second-order valence-corrected chi connectivity index (χ2v) is 6.18. The van der Waals surface area contributed by atoms with Crippen LogP contribution in [-0.2, 0) is 0 Å². The van der Waals surface area contributed by atoms with Crippen LogP contribution in [0.4, 0.5) is 35.1 Å². The molecule has 8 heteroatoms. The zero-order valence-electron chi connectivity index (χ0n) is 14.1.